The van der Waals surface area contributed by atoms with Crippen molar-refractivity contribution in [2.75, 3.05) is 6.61 Å². The molecule has 6 atom stereocenters. The number of benzene rings is 1. The average molecular weight is 302 g/mol. The molecule has 20 heavy (non-hydrogen) atoms. The van der Waals surface area contributed by atoms with E-state index in [0.717, 1.165) is 5.56 Å². The SMILES string of the molecule is O=S(Cc1ccccc1)[C@H]1O[C@H](CO)[C@@H](O)[C@H](O)[C@@H]1O. The zero-order chi connectivity index (χ0) is 14.7. The first-order chi connectivity index (χ1) is 9.54. The lowest BCUT2D eigenvalue weighted by Crippen LogP contribution is -2.59. The van der Waals surface area contributed by atoms with Gasteiger partial charge in [0.15, 0.2) is 5.44 Å². The summed E-state index contributed by atoms with van der Waals surface area (Å²) in [6.45, 7) is -0.524. The van der Waals surface area contributed by atoms with Crippen molar-refractivity contribution in [3.8, 4) is 0 Å². The third kappa shape index (κ3) is 3.25. The Balaban J connectivity index is 2.08. The zero-order valence-electron chi connectivity index (χ0n) is 10.7. The van der Waals surface area contributed by atoms with E-state index in [-0.39, 0.29) is 5.75 Å². The summed E-state index contributed by atoms with van der Waals surface area (Å²) >= 11 is 0. The van der Waals surface area contributed by atoms with E-state index < -0.39 is 47.3 Å². The highest BCUT2D eigenvalue weighted by Gasteiger charge is 2.45. The van der Waals surface area contributed by atoms with Crippen molar-refractivity contribution in [2.45, 2.75) is 35.6 Å². The van der Waals surface area contributed by atoms with Crippen LogP contribution < -0.4 is 0 Å². The molecule has 0 bridgehead atoms. The Morgan fingerprint density at radius 2 is 1.70 bits per heavy atom. The molecule has 1 aromatic rings. The fourth-order valence-corrected chi connectivity index (χ4v) is 3.53. The maximum Gasteiger partial charge on any atom is 0.161 e. The van der Waals surface area contributed by atoms with Crippen molar-refractivity contribution in [3.63, 3.8) is 0 Å². The summed E-state index contributed by atoms with van der Waals surface area (Å²) in [7, 11) is -1.60. The van der Waals surface area contributed by atoms with E-state index in [1.807, 2.05) is 6.07 Å². The Hall–Kier alpha value is -0.830. The number of rotatable bonds is 4. The second kappa shape index (κ2) is 6.75. The molecule has 0 spiro atoms. The number of aliphatic hydroxyl groups excluding tert-OH is 4. The van der Waals surface area contributed by atoms with Gasteiger partial charge in [0, 0.05) is 0 Å². The minimum absolute atomic E-state index is 0.156. The van der Waals surface area contributed by atoms with Gasteiger partial charge in [-0.1, -0.05) is 30.3 Å². The summed E-state index contributed by atoms with van der Waals surface area (Å²) in [6.07, 6.45) is -5.42. The van der Waals surface area contributed by atoms with Crippen LogP contribution in [0.15, 0.2) is 30.3 Å². The maximum absolute atomic E-state index is 12.2. The van der Waals surface area contributed by atoms with Crippen LogP contribution in [-0.2, 0) is 21.3 Å². The normalized spacial score (nSPS) is 35.7. The molecule has 6 nitrogen and oxygen atoms in total. The lowest BCUT2D eigenvalue weighted by Gasteiger charge is -2.39. The molecule has 0 aromatic heterocycles. The highest BCUT2D eigenvalue weighted by molar-refractivity contribution is 7.84. The molecule has 4 N–H and O–H groups in total. The van der Waals surface area contributed by atoms with Crippen LogP contribution >= 0.6 is 0 Å². The van der Waals surface area contributed by atoms with Gasteiger partial charge in [0.25, 0.3) is 0 Å². The van der Waals surface area contributed by atoms with E-state index in [0.29, 0.717) is 0 Å². The molecule has 0 amide bonds. The fourth-order valence-electron chi connectivity index (χ4n) is 2.11. The van der Waals surface area contributed by atoms with Gasteiger partial charge in [-0.25, -0.2) is 0 Å². The van der Waals surface area contributed by atoms with Gasteiger partial charge in [0.05, 0.1) is 23.2 Å². The van der Waals surface area contributed by atoms with Crippen LogP contribution in [0.1, 0.15) is 5.56 Å². The molecule has 7 heteroatoms. The van der Waals surface area contributed by atoms with E-state index in [4.69, 9.17) is 9.84 Å². The predicted octanol–water partition coefficient (Wildman–Crippen LogP) is -1.26. The smallest absolute Gasteiger partial charge is 0.161 e. The van der Waals surface area contributed by atoms with Gasteiger partial charge < -0.3 is 25.2 Å². The van der Waals surface area contributed by atoms with Crippen LogP contribution in [0, 0.1) is 0 Å². The van der Waals surface area contributed by atoms with Gasteiger partial charge in [-0.05, 0) is 5.56 Å². The van der Waals surface area contributed by atoms with Crippen LogP contribution in [0.3, 0.4) is 0 Å². The van der Waals surface area contributed by atoms with E-state index in [1.165, 1.54) is 0 Å². The largest absolute Gasteiger partial charge is 0.394 e. The molecule has 2 rings (SSSR count). The molecule has 1 aliphatic rings. The van der Waals surface area contributed by atoms with Gasteiger partial charge in [-0.3, -0.25) is 4.21 Å². The van der Waals surface area contributed by atoms with Gasteiger partial charge in [-0.2, -0.15) is 0 Å². The summed E-state index contributed by atoms with van der Waals surface area (Å²) in [6, 6.07) is 9.03. The molecule has 1 aromatic carbocycles. The molecule has 1 heterocycles. The summed E-state index contributed by atoms with van der Waals surface area (Å²) in [5, 5.41) is 38.2. The van der Waals surface area contributed by atoms with Gasteiger partial charge in [-0.15, -0.1) is 0 Å². The fraction of sp³-hybridized carbons (Fsp3) is 0.538. The summed E-state index contributed by atoms with van der Waals surface area (Å²) in [5.74, 6) is 0.156. The first kappa shape index (κ1) is 15.6. The minimum atomic E-state index is -1.60. The Bertz CT molecular complexity index is 451. The van der Waals surface area contributed by atoms with E-state index >= 15 is 0 Å². The topological polar surface area (TPSA) is 107 Å². The molecule has 112 valence electrons. The third-order valence-electron chi connectivity index (χ3n) is 3.26. The Kier molecular flexibility index (Phi) is 5.25. The monoisotopic (exact) mass is 302 g/mol. The molecule has 1 fully saturated rings. The molecule has 0 radical (unpaired) electrons. The van der Waals surface area contributed by atoms with Gasteiger partial charge >= 0.3 is 0 Å². The average Bonchev–Trinajstić information content (AvgIpc) is 2.46. The van der Waals surface area contributed by atoms with Crippen molar-refractivity contribution in [1.29, 1.82) is 0 Å². The molecule has 1 unspecified atom stereocenters. The van der Waals surface area contributed by atoms with E-state index in [2.05, 4.69) is 0 Å². The third-order valence-corrected chi connectivity index (χ3v) is 4.79. The first-order valence-electron chi connectivity index (χ1n) is 6.26. The van der Waals surface area contributed by atoms with Crippen LogP contribution in [-0.4, -0.2) is 61.1 Å². The Labute approximate surface area is 119 Å². The number of hydrogen-bond donors (Lipinski definition) is 4. The Morgan fingerprint density at radius 3 is 2.30 bits per heavy atom. The number of hydrogen-bond acceptors (Lipinski definition) is 6. The van der Waals surface area contributed by atoms with Crippen molar-refractivity contribution in [2.24, 2.45) is 0 Å². The molecular weight excluding hydrogens is 284 g/mol. The van der Waals surface area contributed by atoms with Gasteiger partial charge in [0.1, 0.15) is 24.4 Å². The molecular formula is C13H18O6S. The maximum atomic E-state index is 12.2. The van der Waals surface area contributed by atoms with Crippen molar-refractivity contribution < 1.29 is 29.4 Å². The second-order valence-electron chi connectivity index (χ2n) is 4.71. The number of ether oxygens (including phenoxy) is 1. The summed E-state index contributed by atoms with van der Waals surface area (Å²) in [5.41, 5.74) is -0.339. The zero-order valence-corrected chi connectivity index (χ0v) is 11.5. The van der Waals surface area contributed by atoms with Crippen molar-refractivity contribution in [1.82, 2.24) is 0 Å². The lowest BCUT2D eigenvalue weighted by atomic mass is 10.0. The summed E-state index contributed by atoms with van der Waals surface area (Å²) in [4.78, 5) is 0. The second-order valence-corrected chi connectivity index (χ2v) is 6.22. The van der Waals surface area contributed by atoms with E-state index in [9.17, 15) is 19.5 Å². The Morgan fingerprint density at radius 1 is 1.05 bits per heavy atom. The minimum Gasteiger partial charge on any atom is -0.394 e. The standard InChI is InChI=1S/C13H18O6S/c14-6-9-10(15)11(16)12(17)13(19-9)20(18)7-8-4-2-1-3-5-8/h1-5,9-17H,6-7H2/t9-,10-,11+,12+,13-,20?/m1/s1. The van der Waals surface area contributed by atoms with Crippen LogP contribution in [0.2, 0.25) is 0 Å². The molecule has 0 saturated carbocycles. The highest BCUT2D eigenvalue weighted by atomic mass is 32.2. The molecule has 1 aliphatic heterocycles. The number of aliphatic hydroxyl groups is 4. The molecule has 1 saturated heterocycles. The van der Waals surface area contributed by atoms with Crippen molar-refractivity contribution >= 4 is 10.8 Å². The lowest BCUT2D eigenvalue weighted by molar-refractivity contribution is -0.206. The summed E-state index contributed by atoms with van der Waals surface area (Å²) < 4.78 is 17.5. The van der Waals surface area contributed by atoms with Crippen LogP contribution in [0.5, 0.6) is 0 Å². The van der Waals surface area contributed by atoms with Crippen molar-refractivity contribution in [3.05, 3.63) is 35.9 Å². The highest BCUT2D eigenvalue weighted by Crippen LogP contribution is 2.24. The van der Waals surface area contributed by atoms with Crippen LogP contribution in [0.25, 0.3) is 0 Å². The molecule has 0 aliphatic carbocycles. The van der Waals surface area contributed by atoms with Crippen LogP contribution in [0.4, 0.5) is 0 Å². The van der Waals surface area contributed by atoms with E-state index in [1.54, 1.807) is 24.3 Å². The van der Waals surface area contributed by atoms with Gasteiger partial charge in [0.2, 0.25) is 0 Å². The quantitative estimate of drug-likeness (QED) is 0.553. The predicted molar refractivity (Wildman–Crippen MR) is 72.1 cm³/mol. The first-order valence-corrected chi connectivity index (χ1v) is 7.64.